The molecule has 14 heavy (non-hydrogen) atoms. The zero-order chi connectivity index (χ0) is 11.0. The van der Waals surface area contributed by atoms with Crippen molar-refractivity contribution in [2.75, 3.05) is 20.3 Å². The van der Waals surface area contributed by atoms with E-state index in [1.54, 1.807) is 0 Å². The van der Waals surface area contributed by atoms with Gasteiger partial charge in [-0.2, -0.15) is 0 Å². The monoisotopic (exact) mass is 203 g/mol. The average Bonchev–Trinajstić information content (AvgIpc) is 2.67. The maximum absolute atomic E-state index is 10.9. The van der Waals surface area contributed by atoms with Gasteiger partial charge in [0.15, 0.2) is 0 Å². The number of amides is 1. The summed E-state index contributed by atoms with van der Waals surface area (Å²) in [6.45, 7) is 5.53. The molecule has 2 aliphatic rings. The summed E-state index contributed by atoms with van der Waals surface area (Å²) in [5.74, 6) is 0. The summed E-state index contributed by atoms with van der Waals surface area (Å²) >= 11 is 0. The van der Waals surface area contributed by atoms with Gasteiger partial charge in [-0.3, -0.25) is 0 Å². The van der Waals surface area contributed by atoms with Gasteiger partial charge in [0, 0.05) is 13.7 Å². The van der Waals surface area contributed by atoms with Gasteiger partial charge in [-0.15, -0.1) is 0 Å². The fraction of sp³-hybridized carbons (Fsp3) is 0.900. The van der Waals surface area contributed by atoms with Gasteiger partial charge in [-0.25, -0.2) is 4.79 Å². The van der Waals surface area contributed by atoms with E-state index < -0.39 is 0 Å². The van der Waals surface area contributed by atoms with E-state index in [0.29, 0.717) is 12.6 Å². The molecule has 1 unspecified atom stereocenters. The van der Waals surface area contributed by atoms with Crippen LogP contribution in [0.25, 0.3) is 0 Å². The molecule has 84 valence electrons. The Morgan fingerprint density at radius 1 is 1.36 bits per heavy atom. The predicted molar refractivity (Wildman–Crippen MR) is 55.2 cm³/mol. The van der Waals surface area contributed by atoms with E-state index in [9.17, 15) is 4.79 Å². The number of nitrogens with zero attached hydrogens (tertiary/aromatic N) is 1. The quantitative estimate of drug-likeness (QED) is 0.651. The standard InChI is InChI=1S/C7H11NO2.C2H6.CH4O/c9-7-8-4-2-1-3-6(8)5-10-7;2*1-2/h6H,1-5H2;1-2H3;2H,1H3. The van der Waals surface area contributed by atoms with Crippen molar-refractivity contribution >= 4 is 6.09 Å². The van der Waals surface area contributed by atoms with Gasteiger partial charge in [0.1, 0.15) is 6.61 Å². The van der Waals surface area contributed by atoms with Gasteiger partial charge < -0.3 is 14.7 Å². The Bertz CT molecular complexity index is 161. The molecule has 0 aromatic heterocycles. The van der Waals surface area contributed by atoms with Gasteiger partial charge in [0.2, 0.25) is 0 Å². The van der Waals surface area contributed by atoms with Crippen LogP contribution in [0.4, 0.5) is 4.79 Å². The van der Waals surface area contributed by atoms with Crippen LogP contribution in [0.3, 0.4) is 0 Å². The molecular formula is C10H21NO3. The smallest absolute Gasteiger partial charge is 0.410 e. The molecule has 2 heterocycles. The number of piperidine rings is 1. The fourth-order valence-electron chi connectivity index (χ4n) is 1.66. The highest BCUT2D eigenvalue weighted by molar-refractivity contribution is 5.70. The fourth-order valence-corrected chi connectivity index (χ4v) is 1.66. The Balaban J connectivity index is 0.000000379. The van der Waals surface area contributed by atoms with Crippen LogP contribution in [0.1, 0.15) is 33.1 Å². The lowest BCUT2D eigenvalue weighted by atomic mass is 10.0. The summed E-state index contributed by atoms with van der Waals surface area (Å²) in [5.41, 5.74) is 0. The van der Waals surface area contributed by atoms with Crippen molar-refractivity contribution in [3.05, 3.63) is 0 Å². The van der Waals surface area contributed by atoms with Crippen molar-refractivity contribution in [3.63, 3.8) is 0 Å². The highest BCUT2D eigenvalue weighted by Gasteiger charge is 2.34. The van der Waals surface area contributed by atoms with Crippen LogP contribution in [-0.4, -0.2) is 42.4 Å². The van der Waals surface area contributed by atoms with Crippen LogP contribution in [0.2, 0.25) is 0 Å². The van der Waals surface area contributed by atoms with Crippen molar-refractivity contribution < 1.29 is 14.6 Å². The van der Waals surface area contributed by atoms with Crippen LogP contribution in [-0.2, 0) is 4.74 Å². The van der Waals surface area contributed by atoms with Crippen LogP contribution in [0.5, 0.6) is 0 Å². The number of hydrogen-bond donors (Lipinski definition) is 1. The summed E-state index contributed by atoms with van der Waals surface area (Å²) in [6.07, 6.45) is 3.42. The molecule has 4 heteroatoms. The highest BCUT2D eigenvalue weighted by atomic mass is 16.6. The van der Waals surface area contributed by atoms with E-state index in [2.05, 4.69) is 0 Å². The molecule has 1 N–H and O–H groups in total. The van der Waals surface area contributed by atoms with Crippen molar-refractivity contribution in [2.24, 2.45) is 0 Å². The van der Waals surface area contributed by atoms with Crippen LogP contribution in [0, 0.1) is 0 Å². The second-order valence-corrected chi connectivity index (χ2v) is 2.92. The molecule has 0 aromatic rings. The minimum Gasteiger partial charge on any atom is -0.447 e. The number of ether oxygens (including phenoxy) is 1. The van der Waals surface area contributed by atoms with Gasteiger partial charge in [0.05, 0.1) is 6.04 Å². The molecule has 0 aliphatic carbocycles. The van der Waals surface area contributed by atoms with E-state index >= 15 is 0 Å². The summed E-state index contributed by atoms with van der Waals surface area (Å²) in [4.78, 5) is 12.8. The Hall–Kier alpha value is -0.770. The van der Waals surface area contributed by atoms with E-state index in [4.69, 9.17) is 9.84 Å². The highest BCUT2D eigenvalue weighted by Crippen LogP contribution is 2.22. The number of aliphatic hydroxyl groups is 1. The molecule has 0 spiro atoms. The minimum absolute atomic E-state index is 0.107. The Morgan fingerprint density at radius 3 is 2.57 bits per heavy atom. The third kappa shape index (κ3) is 3.18. The van der Waals surface area contributed by atoms with Crippen molar-refractivity contribution in [3.8, 4) is 0 Å². The number of carbonyl (C=O) groups is 1. The lowest BCUT2D eigenvalue weighted by Gasteiger charge is -2.25. The van der Waals surface area contributed by atoms with E-state index in [0.717, 1.165) is 26.5 Å². The number of hydrogen-bond acceptors (Lipinski definition) is 3. The van der Waals surface area contributed by atoms with Crippen molar-refractivity contribution in [1.82, 2.24) is 4.90 Å². The SMILES string of the molecule is CC.CO.O=C1OCC2CCCCN12. The van der Waals surface area contributed by atoms with Crippen molar-refractivity contribution in [1.29, 1.82) is 0 Å². The summed E-state index contributed by atoms with van der Waals surface area (Å²) in [7, 11) is 1.00. The molecule has 0 bridgehead atoms. The Kier molecular flexibility index (Phi) is 7.20. The van der Waals surface area contributed by atoms with Gasteiger partial charge in [0.25, 0.3) is 0 Å². The maximum atomic E-state index is 10.9. The average molecular weight is 203 g/mol. The minimum atomic E-state index is -0.107. The molecule has 2 aliphatic heterocycles. The molecule has 1 atom stereocenters. The molecule has 4 nitrogen and oxygen atoms in total. The molecule has 1 amide bonds. The Morgan fingerprint density at radius 2 is 2.00 bits per heavy atom. The molecule has 0 radical (unpaired) electrons. The number of carbonyl (C=O) groups excluding carboxylic acids is 1. The van der Waals surface area contributed by atoms with Gasteiger partial charge >= 0.3 is 6.09 Å². The summed E-state index contributed by atoms with van der Waals surface area (Å²) in [5, 5.41) is 7.00. The first-order chi connectivity index (χ1) is 6.88. The number of aliphatic hydroxyl groups excluding tert-OH is 1. The predicted octanol–water partition coefficient (Wildman–Crippen LogP) is 1.63. The molecule has 2 fully saturated rings. The Labute approximate surface area is 85.9 Å². The van der Waals surface area contributed by atoms with Crippen LogP contribution >= 0.6 is 0 Å². The van der Waals surface area contributed by atoms with Gasteiger partial charge in [-0.05, 0) is 19.3 Å². The van der Waals surface area contributed by atoms with Crippen LogP contribution < -0.4 is 0 Å². The molecule has 2 rings (SSSR count). The molecular weight excluding hydrogens is 182 g/mol. The normalized spacial score (nSPS) is 23.6. The second-order valence-electron chi connectivity index (χ2n) is 2.92. The number of cyclic esters (lactones) is 1. The van der Waals surface area contributed by atoms with E-state index in [-0.39, 0.29) is 6.09 Å². The topological polar surface area (TPSA) is 49.8 Å². The van der Waals surface area contributed by atoms with E-state index in [1.165, 1.54) is 6.42 Å². The first kappa shape index (κ1) is 13.2. The molecule has 2 saturated heterocycles. The van der Waals surface area contributed by atoms with Gasteiger partial charge in [-0.1, -0.05) is 13.8 Å². The number of fused-ring (bicyclic) bond motifs is 1. The third-order valence-corrected chi connectivity index (χ3v) is 2.26. The zero-order valence-electron chi connectivity index (χ0n) is 9.32. The third-order valence-electron chi connectivity index (χ3n) is 2.26. The lowest BCUT2D eigenvalue weighted by molar-refractivity contribution is 0.154. The maximum Gasteiger partial charge on any atom is 0.410 e. The molecule has 0 aromatic carbocycles. The zero-order valence-corrected chi connectivity index (χ0v) is 9.32. The largest absolute Gasteiger partial charge is 0.447 e. The summed E-state index contributed by atoms with van der Waals surface area (Å²) < 4.78 is 4.89. The number of rotatable bonds is 0. The summed E-state index contributed by atoms with van der Waals surface area (Å²) in [6, 6.07) is 0.404. The van der Waals surface area contributed by atoms with Crippen molar-refractivity contribution in [2.45, 2.75) is 39.2 Å². The molecule has 0 saturated carbocycles. The first-order valence-electron chi connectivity index (χ1n) is 5.26. The van der Waals surface area contributed by atoms with E-state index in [1.807, 2.05) is 18.7 Å². The lowest BCUT2D eigenvalue weighted by Crippen LogP contribution is -2.37. The second kappa shape index (κ2) is 7.62. The van der Waals surface area contributed by atoms with Crippen LogP contribution in [0.15, 0.2) is 0 Å². The first-order valence-corrected chi connectivity index (χ1v) is 5.26.